The van der Waals surface area contributed by atoms with E-state index in [9.17, 15) is 18.0 Å². The lowest BCUT2D eigenvalue weighted by Crippen LogP contribution is -2.21. The second-order valence-electron chi connectivity index (χ2n) is 2.79. The molecule has 0 unspecified atom stereocenters. The molecule has 0 saturated carbocycles. The fraction of sp³-hybridized carbons (Fsp3) is 0.222. The molecule has 1 rings (SSSR count). The first kappa shape index (κ1) is 11.2. The van der Waals surface area contributed by atoms with Crippen LogP contribution in [0.15, 0.2) is 18.2 Å². The Morgan fingerprint density at radius 2 is 2.00 bits per heavy atom. The van der Waals surface area contributed by atoms with E-state index >= 15 is 0 Å². The van der Waals surface area contributed by atoms with Crippen molar-refractivity contribution >= 4 is 21.7 Å². The Morgan fingerprint density at radius 3 is 2.50 bits per heavy atom. The summed E-state index contributed by atoms with van der Waals surface area (Å²) in [7, 11) is 0. The van der Waals surface area contributed by atoms with Crippen molar-refractivity contribution in [1.29, 1.82) is 0 Å². The van der Waals surface area contributed by atoms with Crippen molar-refractivity contribution in [3.05, 3.63) is 35.1 Å². The summed E-state index contributed by atoms with van der Waals surface area (Å²) < 4.78 is 37.8. The van der Waals surface area contributed by atoms with Gasteiger partial charge in [-0.05, 0) is 40.5 Å². The van der Waals surface area contributed by atoms with Crippen LogP contribution in [-0.4, -0.2) is 10.6 Å². The molecule has 0 aromatic heterocycles. The average Bonchev–Trinajstić information content (AvgIpc) is 2.06. The fourth-order valence-electron chi connectivity index (χ4n) is 0.992. The van der Waals surface area contributed by atoms with Crippen LogP contribution in [0.2, 0.25) is 0 Å². The van der Waals surface area contributed by atoms with Gasteiger partial charge in [-0.15, -0.1) is 0 Å². The maximum atomic E-state index is 12.7. The average molecular weight is 267 g/mol. The number of rotatable bonds is 2. The van der Waals surface area contributed by atoms with Gasteiger partial charge < -0.3 is 0 Å². The maximum Gasteiger partial charge on any atom is 0.363 e. The van der Waals surface area contributed by atoms with Crippen LogP contribution in [0.4, 0.5) is 13.2 Å². The lowest BCUT2D eigenvalue weighted by atomic mass is 10.1. The van der Waals surface area contributed by atoms with E-state index in [1.807, 2.05) is 15.9 Å². The first-order valence-corrected chi connectivity index (χ1v) is 4.49. The van der Waals surface area contributed by atoms with Crippen LogP contribution >= 0.6 is 15.9 Å². The molecule has 0 aliphatic rings. The number of benzene rings is 1. The second kappa shape index (κ2) is 3.73. The molecule has 76 valence electrons. The van der Waals surface area contributed by atoms with E-state index in [1.54, 1.807) is 0 Å². The Kier molecular flexibility index (Phi) is 2.99. The third-order valence-corrected chi connectivity index (χ3v) is 2.06. The van der Waals surface area contributed by atoms with Gasteiger partial charge in [-0.2, -0.15) is 8.78 Å². The highest BCUT2D eigenvalue weighted by Gasteiger charge is 2.36. The molecule has 0 aliphatic heterocycles. The predicted octanol–water partition coefficient (Wildman–Crippen LogP) is 3.30. The van der Waals surface area contributed by atoms with E-state index in [-0.39, 0.29) is 5.56 Å². The number of halogens is 4. The standard InChI is InChI=1S/C9H6BrF3O/c1-5-2-3-6(11)4-7(5)8(14)9(10,12)13/h2-4H,1H3. The number of carbonyl (C=O) groups excluding carboxylic acids is 1. The first-order chi connectivity index (χ1) is 6.32. The van der Waals surface area contributed by atoms with Gasteiger partial charge in [0, 0.05) is 5.56 Å². The summed E-state index contributed by atoms with van der Waals surface area (Å²) in [5.41, 5.74) is 0.00222. The minimum Gasteiger partial charge on any atom is -0.286 e. The van der Waals surface area contributed by atoms with Crippen LogP contribution in [-0.2, 0) is 0 Å². The molecule has 1 aromatic rings. The van der Waals surface area contributed by atoms with E-state index in [1.165, 1.54) is 13.0 Å². The SMILES string of the molecule is Cc1ccc(F)cc1C(=O)C(F)(F)Br. The molecule has 1 nitrogen and oxygen atoms in total. The monoisotopic (exact) mass is 266 g/mol. The Morgan fingerprint density at radius 1 is 1.43 bits per heavy atom. The summed E-state index contributed by atoms with van der Waals surface area (Å²) in [5, 5.41) is 0. The number of hydrogen-bond donors (Lipinski definition) is 0. The molecule has 0 N–H and O–H groups in total. The van der Waals surface area contributed by atoms with Crippen LogP contribution in [0.5, 0.6) is 0 Å². The van der Waals surface area contributed by atoms with E-state index in [0.717, 1.165) is 12.1 Å². The van der Waals surface area contributed by atoms with E-state index in [0.29, 0.717) is 5.56 Å². The third kappa shape index (κ3) is 2.35. The number of alkyl halides is 3. The number of carbonyl (C=O) groups is 1. The zero-order chi connectivity index (χ0) is 10.9. The summed E-state index contributed by atoms with van der Waals surface area (Å²) >= 11 is 1.93. The maximum absolute atomic E-state index is 12.7. The molecule has 0 saturated heterocycles. The highest BCUT2D eigenvalue weighted by atomic mass is 79.9. The van der Waals surface area contributed by atoms with Crippen molar-refractivity contribution in [3.63, 3.8) is 0 Å². The lowest BCUT2D eigenvalue weighted by Gasteiger charge is -2.09. The summed E-state index contributed by atoms with van der Waals surface area (Å²) in [4.78, 5) is 7.43. The van der Waals surface area contributed by atoms with Crippen molar-refractivity contribution in [1.82, 2.24) is 0 Å². The Hall–Kier alpha value is -0.840. The molecule has 0 bridgehead atoms. The zero-order valence-corrected chi connectivity index (χ0v) is 8.74. The minimum atomic E-state index is -3.65. The fourth-order valence-corrected chi connectivity index (χ4v) is 1.21. The molecule has 0 atom stereocenters. The molecule has 0 amide bonds. The number of Topliss-reactive ketones (excluding diaryl/α,β-unsaturated/α-hetero) is 1. The predicted molar refractivity (Wildman–Crippen MR) is 49.3 cm³/mol. The zero-order valence-electron chi connectivity index (χ0n) is 7.15. The highest BCUT2D eigenvalue weighted by molar-refractivity contribution is 9.10. The van der Waals surface area contributed by atoms with Crippen molar-refractivity contribution in [2.45, 2.75) is 11.8 Å². The third-order valence-electron chi connectivity index (χ3n) is 1.70. The molecule has 0 aliphatic carbocycles. The molecule has 0 fully saturated rings. The van der Waals surface area contributed by atoms with E-state index in [2.05, 4.69) is 0 Å². The quantitative estimate of drug-likeness (QED) is 0.593. The van der Waals surface area contributed by atoms with Gasteiger partial charge in [0.2, 0.25) is 5.78 Å². The van der Waals surface area contributed by atoms with Gasteiger partial charge in [-0.25, -0.2) is 4.39 Å². The van der Waals surface area contributed by atoms with Gasteiger partial charge in [-0.1, -0.05) is 6.07 Å². The van der Waals surface area contributed by atoms with E-state index in [4.69, 9.17) is 0 Å². The Labute approximate surface area is 87.1 Å². The molecule has 5 heteroatoms. The van der Waals surface area contributed by atoms with Gasteiger partial charge in [0.05, 0.1) is 0 Å². The second-order valence-corrected chi connectivity index (χ2v) is 3.78. The Bertz CT molecular complexity index is 371. The Balaban J connectivity index is 3.19. The smallest absolute Gasteiger partial charge is 0.286 e. The summed E-state index contributed by atoms with van der Waals surface area (Å²) in [6.45, 7) is 1.46. The van der Waals surface area contributed by atoms with Crippen molar-refractivity contribution < 1.29 is 18.0 Å². The molecular weight excluding hydrogens is 261 g/mol. The van der Waals surface area contributed by atoms with Gasteiger partial charge in [0.15, 0.2) is 0 Å². The number of ketones is 1. The molecule has 14 heavy (non-hydrogen) atoms. The molecule has 0 radical (unpaired) electrons. The molecular formula is C9H6BrF3O. The van der Waals surface area contributed by atoms with Gasteiger partial charge >= 0.3 is 4.83 Å². The summed E-state index contributed by atoms with van der Waals surface area (Å²) in [6.07, 6.45) is 0. The van der Waals surface area contributed by atoms with E-state index < -0.39 is 16.4 Å². The van der Waals surface area contributed by atoms with Gasteiger partial charge in [-0.3, -0.25) is 4.79 Å². The van der Waals surface area contributed by atoms with Crippen molar-refractivity contribution in [2.75, 3.05) is 0 Å². The van der Waals surface area contributed by atoms with Gasteiger partial charge in [0.25, 0.3) is 0 Å². The molecule has 1 aromatic carbocycles. The van der Waals surface area contributed by atoms with Crippen LogP contribution in [0.1, 0.15) is 15.9 Å². The van der Waals surface area contributed by atoms with Gasteiger partial charge in [0.1, 0.15) is 5.82 Å². The van der Waals surface area contributed by atoms with Crippen LogP contribution in [0.3, 0.4) is 0 Å². The minimum absolute atomic E-state index is 0.313. The van der Waals surface area contributed by atoms with Crippen LogP contribution in [0.25, 0.3) is 0 Å². The summed E-state index contributed by atoms with van der Waals surface area (Å²) in [5.74, 6) is -2.15. The van der Waals surface area contributed by atoms with Crippen molar-refractivity contribution in [2.24, 2.45) is 0 Å². The number of aryl methyl sites for hydroxylation is 1. The number of hydrogen-bond acceptors (Lipinski definition) is 1. The van der Waals surface area contributed by atoms with Crippen LogP contribution < -0.4 is 0 Å². The largest absolute Gasteiger partial charge is 0.363 e. The van der Waals surface area contributed by atoms with Crippen LogP contribution in [0, 0.1) is 12.7 Å². The first-order valence-electron chi connectivity index (χ1n) is 3.70. The normalized spacial score (nSPS) is 11.5. The van der Waals surface area contributed by atoms with Crippen molar-refractivity contribution in [3.8, 4) is 0 Å². The topological polar surface area (TPSA) is 17.1 Å². The summed E-state index contributed by atoms with van der Waals surface area (Å²) in [6, 6.07) is 3.19. The molecule has 0 heterocycles. The highest BCUT2D eigenvalue weighted by Crippen LogP contribution is 2.28. The lowest BCUT2D eigenvalue weighted by molar-refractivity contribution is 0.0591. The molecule has 0 spiro atoms.